The minimum atomic E-state index is -0.451. The topological polar surface area (TPSA) is 58.6 Å². The molecular formula is C12H19NO3. The van der Waals surface area contributed by atoms with Gasteiger partial charge in [0.2, 0.25) is 0 Å². The Morgan fingerprint density at radius 1 is 1.31 bits per heavy atom. The van der Waals surface area contributed by atoms with Gasteiger partial charge in [-0.05, 0) is 44.9 Å². The highest BCUT2D eigenvalue weighted by molar-refractivity contribution is 5.68. The van der Waals surface area contributed by atoms with Gasteiger partial charge in [-0.2, -0.15) is 0 Å². The first-order valence-corrected chi connectivity index (χ1v) is 6.06. The molecule has 4 nitrogen and oxygen atoms in total. The van der Waals surface area contributed by atoms with Gasteiger partial charge in [-0.25, -0.2) is 4.79 Å². The Morgan fingerprint density at radius 2 is 2.00 bits per heavy atom. The van der Waals surface area contributed by atoms with E-state index in [0.29, 0.717) is 17.8 Å². The molecule has 4 fully saturated rings. The van der Waals surface area contributed by atoms with E-state index in [1.807, 2.05) is 20.8 Å². The van der Waals surface area contributed by atoms with Crippen molar-refractivity contribution in [2.24, 2.45) is 23.7 Å². The second-order valence-corrected chi connectivity index (χ2v) is 6.38. The Morgan fingerprint density at radius 3 is 2.38 bits per heavy atom. The Kier molecular flexibility index (Phi) is 1.89. The number of aliphatic hydroxyl groups excluding tert-OH is 1. The summed E-state index contributed by atoms with van der Waals surface area (Å²) in [6.45, 7) is 5.57. The smallest absolute Gasteiger partial charge is 0.407 e. The lowest BCUT2D eigenvalue weighted by molar-refractivity contribution is 0.0476. The third-order valence-corrected chi connectivity index (χ3v) is 4.23. The molecule has 0 aliphatic heterocycles. The maximum Gasteiger partial charge on any atom is 0.407 e. The van der Waals surface area contributed by atoms with Crippen molar-refractivity contribution in [3.05, 3.63) is 0 Å². The highest BCUT2D eigenvalue weighted by Crippen LogP contribution is 2.70. The summed E-state index contributed by atoms with van der Waals surface area (Å²) >= 11 is 0. The summed E-state index contributed by atoms with van der Waals surface area (Å²) in [4.78, 5) is 11.6. The molecule has 4 bridgehead atoms. The van der Waals surface area contributed by atoms with Crippen LogP contribution in [0.25, 0.3) is 0 Å². The summed E-state index contributed by atoms with van der Waals surface area (Å²) in [5, 5.41) is 12.8. The number of ether oxygens (including phenoxy) is 1. The molecule has 0 saturated heterocycles. The predicted molar refractivity (Wildman–Crippen MR) is 57.7 cm³/mol. The molecule has 2 N–H and O–H groups in total. The van der Waals surface area contributed by atoms with E-state index in [1.165, 1.54) is 0 Å². The van der Waals surface area contributed by atoms with Crippen LogP contribution in [0.5, 0.6) is 0 Å². The Hall–Kier alpha value is -0.770. The van der Waals surface area contributed by atoms with Crippen LogP contribution in [0.15, 0.2) is 0 Å². The Bertz CT molecular complexity index is 336. The van der Waals surface area contributed by atoms with E-state index in [-0.39, 0.29) is 24.2 Å². The van der Waals surface area contributed by atoms with Crippen LogP contribution in [0.1, 0.15) is 27.2 Å². The quantitative estimate of drug-likeness (QED) is 0.703. The molecule has 16 heavy (non-hydrogen) atoms. The number of amides is 1. The van der Waals surface area contributed by atoms with Crippen LogP contribution in [0.4, 0.5) is 4.79 Å². The summed E-state index contributed by atoms with van der Waals surface area (Å²) < 4.78 is 5.24. The molecule has 4 saturated carbocycles. The second-order valence-electron chi connectivity index (χ2n) is 6.38. The first-order valence-electron chi connectivity index (χ1n) is 6.06. The van der Waals surface area contributed by atoms with Gasteiger partial charge in [-0.15, -0.1) is 0 Å². The van der Waals surface area contributed by atoms with Crippen LogP contribution in [0.2, 0.25) is 0 Å². The van der Waals surface area contributed by atoms with Gasteiger partial charge >= 0.3 is 6.09 Å². The number of hydrogen-bond donors (Lipinski definition) is 2. The second kappa shape index (κ2) is 2.92. The summed E-state index contributed by atoms with van der Waals surface area (Å²) in [6.07, 6.45) is 0.551. The Balaban J connectivity index is 1.59. The number of aliphatic hydroxyl groups is 1. The van der Waals surface area contributed by atoms with Crippen molar-refractivity contribution in [3.8, 4) is 0 Å². The molecular weight excluding hydrogens is 206 g/mol. The molecule has 0 aromatic rings. The van der Waals surface area contributed by atoms with Gasteiger partial charge in [0, 0.05) is 12.0 Å². The molecule has 0 heterocycles. The maximum atomic E-state index is 11.6. The monoisotopic (exact) mass is 225 g/mol. The van der Waals surface area contributed by atoms with Crippen molar-refractivity contribution in [1.29, 1.82) is 0 Å². The van der Waals surface area contributed by atoms with Crippen molar-refractivity contribution in [3.63, 3.8) is 0 Å². The first-order chi connectivity index (χ1) is 7.38. The third-order valence-electron chi connectivity index (χ3n) is 4.23. The molecule has 1 amide bonds. The van der Waals surface area contributed by atoms with Crippen molar-refractivity contribution in [2.75, 3.05) is 0 Å². The average Bonchev–Trinajstić information content (AvgIpc) is 2.43. The van der Waals surface area contributed by atoms with Gasteiger partial charge in [-0.3, -0.25) is 0 Å². The lowest BCUT2D eigenvalue weighted by atomic mass is 10.1. The van der Waals surface area contributed by atoms with Gasteiger partial charge in [0.1, 0.15) is 5.60 Å². The van der Waals surface area contributed by atoms with Crippen molar-refractivity contribution < 1.29 is 14.6 Å². The van der Waals surface area contributed by atoms with Gasteiger partial charge < -0.3 is 15.2 Å². The van der Waals surface area contributed by atoms with Crippen LogP contribution in [-0.4, -0.2) is 28.9 Å². The zero-order valence-electron chi connectivity index (χ0n) is 9.93. The molecule has 6 atom stereocenters. The van der Waals surface area contributed by atoms with E-state index >= 15 is 0 Å². The molecule has 4 aliphatic carbocycles. The van der Waals surface area contributed by atoms with E-state index in [9.17, 15) is 9.90 Å². The SMILES string of the molecule is CC(C)(C)OC(=O)N[C@H]1[C@H]2C[C@H]3[C@@H]([C@@H]2O)[C@H]31. The molecule has 0 spiro atoms. The lowest BCUT2D eigenvalue weighted by Gasteiger charge is -2.23. The van der Waals surface area contributed by atoms with Crippen molar-refractivity contribution >= 4 is 6.09 Å². The van der Waals surface area contributed by atoms with Crippen LogP contribution < -0.4 is 5.32 Å². The molecule has 4 rings (SSSR count). The molecule has 4 aliphatic rings. The van der Waals surface area contributed by atoms with E-state index in [0.717, 1.165) is 6.42 Å². The fourth-order valence-electron chi connectivity index (χ4n) is 3.76. The standard InChI is InChI=1S/C12H19NO3/c1-12(2,3)16-11(15)13-9-6-4-5-7(9)8(5)10(6)14/h5-10,14H,4H2,1-3H3,(H,13,15)/t5-,6-,7+,8-,9+,10-/m1/s1. The van der Waals surface area contributed by atoms with E-state index in [2.05, 4.69) is 5.32 Å². The van der Waals surface area contributed by atoms with Crippen LogP contribution in [0.3, 0.4) is 0 Å². The largest absolute Gasteiger partial charge is 0.444 e. The van der Waals surface area contributed by atoms with Gasteiger partial charge in [-0.1, -0.05) is 0 Å². The van der Waals surface area contributed by atoms with Gasteiger partial charge in [0.25, 0.3) is 0 Å². The third kappa shape index (κ3) is 1.35. The summed E-state index contributed by atoms with van der Waals surface area (Å²) in [6, 6.07) is 0.153. The number of carbonyl (C=O) groups excluding carboxylic acids is 1. The first kappa shape index (κ1) is 10.4. The summed E-state index contributed by atoms with van der Waals surface area (Å²) in [5.74, 6) is 1.92. The fraction of sp³-hybridized carbons (Fsp3) is 0.917. The normalized spacial score (nSPS) is 48.0. The number of alkyl carbamates (subject to hydrolysis) is 1. The number of rotatable bonds is 1. The van der Waals surface area contributed by atoms with Crippen LogP contribution in [-0.2, 0) is 4.74 Å². The molecule has 0 aromatic carbocycles. The zero-order chi connectivity index (χ0) is 11.7. The summed E-state index contributed by atoms with van der Waals surface area (Å²) in [5.41, 5.74) is -0.451. The van der Waals surface area contributed by atoms with E-state index in [1.54, 1.807) is 0 Å². The maximum absolute atomic E-state index is 11.6. The highest BCUT2D eigenvalue weighted by atomic mass is 16.6. The van der Waals surface area contributed by atoms with E-state index in [4.69, 9.17) is 4.74 Å². The molecule has 0 aromatic heterocycles. The predicted octanol–water partition coefficient (Wildman–Crippen LogP) is 1.14. The fourth-order valence-corrected chi connectivity index (χ4v) is 3.76. The highest BCUT2D eigenvalue weighted by Gasteiger charge is 2.73. The molecule has 0 radical (unpaired) electrons. The Labute approximate surface area is 95.4 Å². The summed E-state index contributed by atoms with van der Waals surface area (Å²) in [7, 11) is 0. The molecule has 90 valence electrons. The van der Waals surface area contributed by atoms with Gasteiger partial charge in [0.05, 0.1) is 6.10 Å². The minimum Gasteiger partial charge on any atom is -0.444 e. The van der Waals surface area contributed by atoms with Crippen molar-refractivity contribution in [1.82, 2.24) is 5.32 Å². The number of hydrogen-bond acceptors (Lipinski definition) is 3. The van der Waals surface area contributed by atoms with E-state index < -0.39 is 5.60 Å². The van der Waals surface area contributed by atoms with Crippen molar-refractivity contribution in [2.45, 2.75) is 44.9 Å². The lowest BCUT2D eigenvalue weighted by Crippen LogP contribution is -2.42. The number of carbonyl (C=O) groups is 1. The zero-order valence-corrected chi connectivity index (χ0v) is 9.93. The molecule has 0 unspecified atom stereocenters. The minimum absolute atomic E-state index is 0.153. The van der Waals surface area contributed by atoms with Gasteiger partial charge in [0.15, 0.2) is 0 Å². The molecule has 4 heteroatoms. The average molecular weight is 225 g/mol. The van der Waals surface area contributed by atoms with Crippen LogP contribution in [0, 0.1) is 23.7 Å². The van der Waals surface area contributed by atoms with Crippen LogP contribution >= 0.6 is 0 Å². The number of nitrogens with one attached hydrogen (secondary N) is 1.